The molecule has 1 aromatic carbocycles. The van der Waals surface area contributed by atoms with Gasteiger partial charge in [-0.05, 0) is 18.2 Å². The number of methoxy groups -OCH3 is 2. The molecule has 0 spiro atoms. The maximum atomic E-state index is 12.5. The zero-order valence-corrected chi connectivity index (χ0v) is 16.1. The van der Waals surface area contributed by atoms with Gasteiger partial charge in [0, 0.05) is 37.3 Å². The van der Waals surface area contributed by atoms with Crippen molar-refractivity contribution in [2.45, 2.75) is 0 Å². The molecule has 0 aliphatic carbocycles. The molecule has 2 heterocycles. The average molecular weight is 387 g/mol. The molecule has 1 aromatic heterocycles. The minimum absolute atomic E-state index is 0.278. The van der Waals surface area contributed by atoms with Crippen molar-refractivity contribution in [1.82, 2.24) is 9.88 Å². The van der Waals surface area contributed by atoms with E-state index in [9.17, 15) is 4.79 Å². The maximum Gasteiger partial charge on any atom is 0.255 e. The van der Waals surface area contributed by atoms with E-state index in [4.69, 9.17) is 18.9 Å². The van der Waals surface area contributed by atoms with E-state index in [-0.39, 0.29) is 5.91 Å². The van der Waals surface area contributed by atoms with Crippen molar-refractivity contribution in [3.63, 3.8) is 0 Å². The SMILES string of the molecule is COc1cc(OC)cc(C(=O)Nc2ccc(OCCN3CCOCC3)nc2)c1. The number of carbonyl (C=O) groups is 1. The van der Waals surface area contributed by atoms with Gasteiger partial charge >= 0.3 is 0 Å². The van der Waals surface area contributed by atoms with E-state index in [0.717, 1.165) is 32.8 Å². The van der Waals surface area contributed by atoms with Crippen molar-refractivity contribution >= 4 is 11.6 Å². The summed E-state index contributed by atoms with van der Waals surface area (Å²) in [5, 5.41) is 2.81. The topological polar surface area (TPSA) is 82.2 Å². The highest BCUT2D eigenvalue weighted by Gasteiger charge is 2.12. The summed E-state index contributed by atoms with van der Waals surface area (Å²) in [6.07, 6.45) is 1.57. The summed E-state index contributed by atoms with van der Waals surface area (Å²) in [5.74, 6) is 1.34. The predicted molar refractivity (Wildman–Crippen MR) is 104 cm³/mol. The molecule has 0 radical (unpaired) electrons. The van der Waals surface area contributed by atoms with Gasteiger partial charge in [0.2, 0.25) is 5.88 Å². The van der Waals surface area contributed by atoms with Gasteiger partial charge in [0.05, 0.1) is 39.3 Å². The van der Waals surface area contributed by atoms with Crippen molar-refractivity contribution in [2.75, 3.05) is 59.0 Å². The van der Waals surface area contributed by atoms with Crippen molar-refractivity contribution in [2.24, 2.45) is 0 Å². The lowest BCUT2D eigenvalue weighted by atomic mass is 10.2. The third-order valence-corrected chi connectivity index (χ3v) is 4.37. The Hall–Kier alpha value is -2.84. The molecule has 8 nitrogen and oxygen atoms in total. The quantitative estimate of drug-likeness (QED) is 0.742. The number of nitrogens with zero attached hydrogens (tertiary/aromatic N) is 2. The van der Waals surface area contributed by atoms with Gasteiger partial charge in [0.25, 0.3) is 5.91 Å². The van der Waals surface area contributed by atoms with Crippen LogP contribution in [0.3, 0.4) is 0 Å². The van der Waals surface area contributed by atoms with E-state index >= 15 is 0 Å². The van der Waals surface area contributed by atoms with E-state index in [1.807, 2.05) is 0 Å². The van der Waals surface area contributed by atoms with E-state index in [2.05, 4.69) is 15.2 Å². The Bertz CT molecular complexity index is 754. The van der Waals surface area contributed by atoms with Gasteiger partial charge < -0.3 is 24.3 Å². The van der Waals surface area contributed by atoms with Crippen LogP contribution in [0.5, 0.6) is 17.4 Å². The van der Waals surface area contributed by atoms with Crippen LogP contribution in [0.1, 0.15) is 10.4 Å². The molecule has 1 saturated heterocycles. The summed E-state index contributed by atoms with van der Waals surface area (Å²) in [6, 6.07) is 8.50. The smallest absolute Gasteiger partial charge is 0.255 e. The molecule has 1 aliphatic rings. The van der Waals surface area contributed by atoms with Crippen LogP contribution in [0.15, 0.2) is 36.5 Å². The number of nitrogens with one attached hydrogen (secondary N) is 1. The van der Waals surface area contributed by atoms with Gasteiger partial charge in [0.15, 0.2) is 0 Å². The van der Waals surface area contributed by atoms with Crippen LogP contribution < -0.4 is 19.5 Å². The monoisotopic (exact) mass is 387 g/mol. The van der Waals surface area contributed by atoms with Crippen LogP contribution in [-0.4, -0.2) is 69.5 Å². The lowest BCUT2D eigenvalue weighted by molar-refractivity contribution is 0.0320. The fraction of sp³-hybridized carbons (Fsp3) is 0.400. The molecule has 150 valence electrons. The van der Waals surface area contributed by atoms with Crippen molar-refractivity contribution in [1.29, 1.82) is 0 Å². The van der Waals surface area contributed by atoms with Crippen LogP contribution >= 0.6 is 0 Å². The Labute approximate surface area is 164 Å². The first-order valence-electron chi connectivity index (χ1n) is 9.11. The number of hydrogen-bond acceptors (Lipinski definition) is 7. The summed E-state index contributed by atoms with van der Waals surface area (Å²) < 4.78 is 21.4. The second-order valence-electron chi connectivity index (χ2n) is 6.24. The van der Waals surface area contributed by atoms with Gasteiger partial charge in [0.1, 0.15) is 18.1 Å². The molecule has 1 N–H and O–H groups in total. The lowest BCUT2D eigenvalue weighted by Crippen LogP contribution is -2.38. The standard InChI is InChI=1S/C20H25N3O5/c1-25-17-11-15(12-18(13-17)26-2)20(24)22-16-3-4-19(21-14-16)28-10-7-23-5-8-27-9-6-23/h3-4,11-14H,5-10H2,1-2H3,(H,22,24). The summed E-state index contributed by atoms with van der Waals surface area (Å²) in [5.41, 5.74) is 1.01. The Morgan fingerprint density at radius 3 is 2.46 bits per heavy atom. The number of anilines is 1. The van der Waals surface area contributed by atoms with Gasteiger partial charge in [-0.3, -0.25) is 9.69 Å². The Balaban J connectivity index is 1.52. The summed E-state index contributed by atoms with van der Waals surface area (Å²) in [4.78, 5) is 19.0. The average Bonchev–Trinajstić information content (AvgIpc) is 2.75. The van der Waals surface area contributed by atoms with Crippen LogP contribution in [0, 0.1) is 0 Å². The molecule has 3 rings (SSSR count). The molecule has 0 saturated carbocycles. The molecular weight excluding hydrogens is 362 g/mol. The number of benzene rings is 1. The molecule has 0 unspecified atom stereocenters. The zero-order valence-electron chi connectivity index (χ0n) is 16.1. The Morgan fingerprint density at radius 1 is 1.14 bits per heavy atom. The number of pyridine rings is 1. The number of ether oxygens (including phenoxy) is 4. The highest BCUT2D eigenvalue weighted by Crippen LogP contribution is 2.23. The molecule has 2 aromatic rings. The number of morpholine rings is 1. The number of rotatable bonds is 8. The lowest BCUT2D eigenvalue weighted by Gasteiger charge is -2.26. The maximum absolute atomic E-state index is 12.5. The summed E-state index contributed by atoms with van der Waals surface area (Å²) >= 11 is 0. The van der Waals surface area contributed by atoms with Gasteiger partial charge in [-0.1, -0.05) is 0 Å². The summed E-state index contributed by atoms with van der Waals surface area (Å²) in [7, 11) is 3.08. The van der Waals surface area contributed by atoms with Crippen LogP contribution in [0.25, 0.3) is 0 Å². The predicted octanol–water partition coefficient (Wildman–Crippen LogP) is 2.06. The summed E-state index contributed by atoms with van der Waals surface area (Å²) in [6.45, 7) is 4.79. The van der Waals surface area contributed by atoms with Crippen LogP contribution in [-0.2, 0) is 4.74 Å². The Kier molecular flexibility index (Phi) is 7.05. The first kappa shape index (κ1) is 19.9. The van der Waals surface area contributed by atoms with Gasteiger partial charge in [-0.15, -0.1) is 0 Å². The number of hydrogen-bond donors (Lipinski definition) is 1. The Morgan fingerprint density at radius 2 is 1.86 bits per heavy atom. The molecule has 0 atom stereocenters. The zero-order chi connectivity index (χ0) is 19.8. The van der Waals surface area contributed by atoms with E-state index in [1.165, 1.54) is 14.2 Å². The molecule has 1 amide bonds. The second kappa shape index (κ2) is 9.91. The highest BCUT2D eigenvalue weighted by atomic mass is 16.5. The second-order valence-corrected chi connectivity index (χ2v) is 6.24. The minimum Gasteiger partial charge on any atom is -0.497 e. The van der Waals surface area contributed by atoms with E-state index < -0.39 is 0 Å². The first-order chi connectivity index (χ1) is 13.7. The highest BCUT2D eigenvalue weighted by molar-refractivity contribution is 6.04. The van der Waals surface area contributed by atoms with Crippen molar-refractivity contribution in [3.8, 4) is 17.4 Å². The molecule has 1 fully saturated rings. The van der Waals surface area contributed by atoms with Crippen LogP contribution in [0.2, 0.25) is 0 Å². The first-order valence-corrected chi connectivity index (χ1v) is 9.11. The van der Waals surface area contributed by atoms with Crippen molar-refractivity contribution in [3.05, 3.63) is 42.1 Å². The number of carbonyl (C=O) groups excluding carboxylic acids is 1. The molecule has 8 heteroatoms. The van der Waals surface area contributed by atoms with Gasteiger partial charge in [-0.2, -0.15) is 0 Å². The molecule has 1 aliphatic heterocycles. The van der Waals surface area contributed by atoms with Gasteiger partial charge in [-0.25, -0.2) is 4.98 Å². The third kappa shape index (κ3) is 5.58. The molecule has 0 bridgehead atoms. The fourth-order valence-electron chi connectivity index (χ4n) is 2.79. The minimum atomic E-state index is -0.278. The number of amides is 1. The molecule has 28 heavy (non-hydrogen) atoms. The molecular formula is C20H25N3O5. The van der Waals surface area contributed by atoms with E-state index in [1.54, 1.807) is 36.5 Å². The fourth-order valence-corrected chi connectivity index (χ4v) is 2.79. The normalized spacial score (nSPS) is 14.4. The largest absolute Gasteiger partial charge is 0.497 e. The van der Waals surface area contributed by atoms with Crippen LogP contribution in [0.4, 0.5) is 5.69 Å². The third-order valence-electron chi connectivity index (χ3n) is 4.37. The van der Waals surface area contributed by atoms with Crippen molar-refractivity contribution < 1.29 is 23.7 Å². The number of aromatic nitrogens is 1. The van der Waals surface area contributed by atoms with E-state index in [0.29, 0.717) is 35.2 Å².